The van der Waals surface area contributed by atoms with Crippen LogP contribution < -0.4 is 10.6 Å². The summed E-state index contributed by atoms with van der Waals surface area (Å²) in [5.41, 5.74) is 8.11. The average Bonchev–Trinajstić information content (AvgIpc) is 2.18. The average molecular weight is 234 g/mol. The van der Waals surface area contributed by atoms with Gasteiger partial charge in [0.25, 0.3) is 0 Å². The zero-order valence-corrected chi connectivity index (χ0v) is 10.2. The van der Waals surface area contributed by atoms with Gasteiger partial charge in [-0.05, 0) is 43.9 Å². The second kappa shape index (κ2) is 4.28. The summed E-state index contributed by atoms with van der Waals surface area (Å²) in [6.45, 7) is 1.85. The van der Waals surface area contributed by atoms with Crippen molar-refractivity contribution >= 4 is 17.3 Å². The minimum atomic E-state index is -0.963. The molecule has 1 aromatic rings. The Labute approximate surface area is 101 Å². The molecule has 0 aromatic heterocycles. The number of hydrogen-bond donors (Lipinski definition) is 2. The van der Waals surface area contributed by atoms with Gasteiger partial charge in [-0.3, -0.25) is 0 Å². The van der Waals surface area contributed by atoms with Crippen LogP contribution in [0.3, 0.4) is 0 Å². The molecule has 1 aliphatic carbocycles. The topological polar surface area (TPSA) is 66.6 Å². The lowest BCUT2D eigenvalue weighted by molar-refractivity contribution is 0.0698. The second-order valence-corrected chi connectivity index (χ2v) is 4.72. The third kappa shape index (κ3) is 2.07. The second-order valence-electron chi connectivity index (χ2n) is 4.72. The minimum Gasteiger partial charge on any atom is -0.478 e. The summed E-state index contributed by atoms with van der Waals surface area (Å²) in [6.07, 6.45) is 3.62. The van der Waals surface area contributed by atoms with Crippen LogP contribution in [-0.2, 0) is 0 Å². The van der Waals surface area contributed by atoms with E-state index in [1.165, 1.54) is 19.3 Å². The lowest BCUT2D eigenvalue weighted by Gasteiger charge is -2.36. The van der Waals surface area contributed by atoms with Crippen LogP contribution in [0.15, 0.2) is 12.1 Å². The molecule has 4 nitrogen and oxygen atoms in total. The predicted molar refractivity (Wildman–Crippen MR) is 68.6 cm³/mol. The number of nitrogens with zero attached hydrogens (tertiary/aromatic N) is 1. The smallest absolute Gasteiger partial charge is 0.337 e. The monoisotopic (exact) mass is 234 g/mol. The quantitative estimate of drug-likeness (QED) is 0.787. The largest absolute Gasteiger partial charge is 0.478 e. The molecule has 17 heavy (non-hydrogen) atoms. The summed E-state index contributed by atoms with van der Waals surface area (Å²) < 4.78 is 0. The van der Waals surface area contributed by atoms with E-state index in [0.29, 0.717) is 11.7 Å². The Kier molecular flexibility index (Phi) is 2.96. The fourth-order valence-electron chi connectivity index (χ4n) is 2.14. The van der Waals surface area contributed by atoms with Gasteiger partial charge in [0.2, 0.25) is 0 Å². The summed E-state index contributed by atoms with van der Waals surface area (Å²) in [4.78, 5) is 13.3. The van der Waals surface area contributed by atoms with Crippen molar-refractivity contribution in [2.24, 2.45) is 0 Å². The third-order valence-corrected chi connectivity index (χ3v) is 3.63. The molecule has 0 unspecified atom stereocenters. The van der Waals surface area contributed by atoms with Gasteiger partial charge < -0.3 is 15.7 Å². The highest BCUT2D eigenvalue weighted by Crippen LogP contribution is 2.31. The molecule has 92 valence electrons. The molecule has 4 heteroatoms. The van der Waals surface area contributed by atoms with Crippen molar-refractivity contribution < 1.29 is 9.90 Å². The molecule has 1 fully saturated rings. The number of carboxylic acid groups (broad SMARTS) is 1. The van der Waals surface area contributed by atoms with Crippen LogP contribution in [0.2, 0.25) is 0 Å². The van der Waals surface area contributed by atoms with Crippen molar-refractivity contribution in [2.45, 2.75) is 32.2 Å². The molecule has 1 saturated carbocycles. The number of anilines is 2. The number of aromatic carboxylic acids is 1. The van der Waals surface area contributed by atoms with Crippen molar-refractivity contribution in [1.82, 2.24) is 0 Å². The maximum Gasteiger partial charge on any atom is 0.337 e. The molecular formula is C13H18N2O2. The molecule has 0 heterocycles. The Morgan fingerprint density at radius 2 is 2.12 bits per heavy atom. The van der Waals surface area contributed by atoms with Crippen LogP contribution in [-0.4, -0.2) is 24.2 Å². The predicted octanol–water partition coefficient (Wildman–Crippen LogP) is 2.26. The van der Waals surface area contributed by atoms with Gasteiger partial charge in [0, 0.05) is 24.5 Å². The highest BCUT2D eigenvalue weighted by atomic mass is 16.4. The van der Waals surface area contributed by atoms with Crippen molar-refractivity contribution in [3.05, 3.63) is 23.3 Å². The number of carboxylic acids is 1. The van der Waals surface area contributed by atoms with E-state index in [0.717, 1.165) is 11.3 Å². The number of benzene rings is 1. The highest BCUT2D eigenvalue weighted by molar-refractivity contribution is 5.95. The first-order valence-electron chi connectivity index (χ1n) is 5.87. The van der Waals surface area contributed by atoms with E-state index in [9.17, 15) is 4.79 Å². The van der Waals surface area contributed by atoms with E-state index in [2.05, 4.69) is 4.90 Å². The number of hydrogen-bond acceptors (Lipinski definition) is 3. The van der Waals surface area contributed by atoms with E-state index < -0.39 is 5.97 Å². The summed E-state index contributed by atoms with van der Waals surface area (Å²) in [6, 6.07) is 4.17. The number of nitrogens with two attached hydrogens (primary N) is 1. The number of aryl methyl sites for hydroxylation is 1. The fraction of sp³-hybridized carbons (Fsp3) is 0.462. The SMILES string of the molecule is Cc1cc(N(C)C2CCC2)cc(C(=O)O)c1N. The van der Waals surface area contributed by atoms with Crippen molar-refractivity contribution in [3.63, 3.8) is 0 Å². The van der Waals surface area contributed by atoms with E-state index >= 15 is 0 Å². The first-order chi connectivity index (χ1) is 8.00. The van der Waals surface area contributed by atoms with E-state index in [4.69, 9.17) is 10.8 Å². The molecule has 1 aliphatic rings. The summed E-state index contributed by atoms with van der Waals surface area (Å²) in [5, 5.41) is 9.11. The van der Waals surface area contributed by atoms with Gasteiger partial charge >= 0.3 is 5.97 Å². The molecule has 0 bridgehead atoms. The Morgan fingerprint density at radius 3 is 2.59 bits per heavy atom. The standard InChI is InChI=1S/C13H18N2O2/c1-8-6-10(15(2)9-4-3-5-9)7-11(12(8)14)13(16)17/h6-7,9H,3-5,14H2,1-2H3,(H,16,17). The van der Waals surface area contributed by atoms with Crippen LogP contribution in [0.1, 0.15) is 35.2 Å². The fourth-order valence-corrected chi connectivity index (χ4v) is 2.14. The van der Waals surface area contributed by atoms with Crippen molar-refractivity contribution in [3.8, 4) is 0 Å². The number of carbonyl (C=O) groups is 1. The normalized spacial score (nSPS) is 15.4. The molecule has 0 radical (unpaired) electrons. The van der Waals surface area contributed by atoms with Crippen molar-refractivity contribution in [2.75, 3.05) is 17.7 Å². The number of rotatable bonds is 3. The zero-order valence-electron chi connectivity index (χ0n) is 10.2. The van der Waals surface area contributed by atoms with Crippen LogP contribution in [0.4, 0.5) is 11.4 Å². The van der Waals surface area contributed by atoms with E-state index in [1.54, 1.807) is 6.07 Å². The Morgan fingerprint density at radius 1 is 1.47 bits per heavy atom. The summed E-state index contributed by atoms with van der Waals surface area (Å²) in [7, 11) is 2.01. The van der Waals surface area contributed by atoms with Gasteiger partial charge in [0.15, 0.2) is 0 Å². The Bertz CT molecular complexity index is 453. The lowest BCUT2D eigenvalue weighted by atomic mass is 9.91. The molecule has 2 rings (SSSR count). The summed E-state index contributed by atoms with van der Waals surface area (Å²) in [5.74, 6) is -0.963. The maximum absolute atomic E-state index is 11.1. The molecule has 0 aliphatic heterocycles. The molecule has 0 amide bonds. The molecule has 0 saturated heterocycles. The van der Waals surface area contributed by atoms with Gasteiger partial charge in [-0.25, -0.2) is 4.79 Å². The Balaban J connectivity index is 2.37. The molecule has 0 atom stereocenters. The highest BCUT2D eigenvalue weighted by Gasteiger charge is 2.23. The van der Waals surface area contributed by atoms with Gasteiger partial charge in [-0.2, -0.15) is 0 Å². The zero-order chi connectivity index (χ0) is 12.6. The molecule has 0 spiro atoms. The van der Waals surface area contributed by atoms with Crippen LogP contribution in [0.25, 0.3) is 0 Å². The van der Waals surface area contributed by atoms with E-state index in [-0.39, 0.29) is 5.56 Å². The van der Waals surface area contributed by atoms with Gasteiger partial charge in [-0.1, -0.05) is 0 Å². The first kappa shape index (κ1) is 11.8. The minimum absolute atomic E-state index is 0.200. The first-order valence-corrected chi connectivity index (χ1v) is 5.87. The van der Waals surface area contributed by atoms with Gasteiger partial charge in [0.05, 0.1) is 5.56 Å². The van der Waals surface area contributed by atoms with E-state index in [1.807, 2.05) is 20.0 Å². The molecular weight excluding hydrogens is 216 g/mol. The van der Waals surface area contributed by atoms with Crippen LogP contribution in [0.5, 0.6) is 0 Å². The Hall–Kier alpha value is -1.71. The van der Waals surface area contributed by atoms with Crippen LogP contribution in [0, 0.1) is 6.92 Å². The maximum atomic E-state index is 11.1. The van der Waals surface area contributed by atoms with Crippen molar-refractivity contribution in [1.29, 1.82) is 0 Å². The number of nitrogen functional groups attached to an aromatic ring is 1. The molecule has 3 N–H and O–H groups in total. The van der Waals surface area contributed by atoms with Gasteiger partial charge in [-0.15, -0.1) is 0 Å². The third-order valence-electron chi connectivity index (χ3n) is 3.63. The summed E-state index contributed by atoms with van der Waals surface area (Å²) >= 11 is 0. The lowest BCUT2D eigenvalue weighted by Crippen LogP contribution is -2.37. The molecule has 1 aromatic carbocycles. The van der Waals surface area contributed by atoms with Gasteiger partial charge in [0.1, 0.15) is 0 Å². The van der Waals surface area contributed by atoms with Crippen LogP contribution >= 0.6 is 0 Å².